The van der Waals surface area contributed by atoms with Gasteiger partial charge >= 0.3 is 0 Å². The van der Waals surface area contributed by atoms with Crippen LogP contribution in [-0.4, -0.2) is 19.1 Å². The number of hydrogen-bond acceptors (Lipinski definition) is 2. The van der Waals surface area contributed by atoms with E-state index < -0.39 is 0 Å². The predicted octanol–water partition coefficient (Wildman–Crippen LogP) is 14.5. The van der Waals surface area contributed by atoms with E-state index in [0.717, 1.165) is 67.3 Å². The van der Waals surface area contributed by atoms with Crippen LogP contribution in [0.2, 0.25) is 0 Å². The zero-order valence-electron chi connectivity index (χ0n) is 32.6. The Morgan fingerprint density at radius 2 is 0.650 bits per heavy atom. The number of rotatable bonds is 6. The molecular weight excluding hydrogens is 729 g/mol. The Morgan fingerprint density at radius 1 is 0.267 bits per heavy atom. The van der Waals surface area contributed by atoms with Gasteiger partial charge in [-0.2, -0.15) is 0 Å². The molecule has 0 saturated heterocycles. The highest BCUT2D eigenvalue weighted by Gasteiger charge is 2.18. The summed E-state index contributed by atoms with van der Waals surface area (Å²) in [5.74, 6) is 1.86. The summed E-state index contributed by atoms with van der Waals surface area (Å²) in [5, 5.41) is 7.23. The second-order valence-electron chi connectivity index (χ2n) is 15.4. The Kier molecular flexibility index (Phi) is 7.82. The number of fused-ring (bicyclic) bond motifs is 5. The van der Waals surface area contributed by atoms with Gasteiger partial charge in [0.15, 0.2) is 0 Å². The first-order valence-electron chi connectivity index (χ1n) is 20.4. The maximum Gasteiger partial charge on any atom is 0.145 e. The Balaban J connectivity index is 0.880. The zero-order valence-corrected chi connectivity index (χ0v) is 32.6. The topological polar surface area (TPSA) is 35.6 Å². The SMILES string of the molecule is c1ccc2c(-n3c(-c4ccc(-c5ccc6ccc(-c7ccc(-c8nc9ccccc9n8-c8cccc9ccccc89)cc7)cc6c5)cc4)nc4ccccc43)cccc2c1. The molecule has 0 unspecified atom stereocenters. The molecule has 280 valence electrons. The van der Waals surface area contributed by atoms with Crippen LogP contribution < -0.4 is 0 Å². The summed E-state index contributed by atoms with van der Waals surface area (Å²) in [6.07, 6.45) is 0. The van der Waals surface area contributed by atoms with E-state index in [1.165, 1.54) is 43.4 Å². The fourth-order valence-electron chi connectivity index (χ4n) is 8.96. The number of benzene rings is 10. The molecule has 0 N–H and O–H groups in total. The van der Waals surface area contributed by atoms with Gasteiger partial charge < -0.3 is 0 Å². The predicted molar refractivity (Wildman–Crippen MR) is 250 cm³/mol. The van der Waals surface area contributed by atoms with E-state index >= 15 is 0 Å². The van der Waals surface area contributed by atoms with E-state index in [4.69, 9.17) is 9.97 Å². The number of imidazole rings is 2. The van der Waals surface area contributed by atoms with Gasteiger partial charge in [0.2, 0.25) is 0 Å². The molecule has 0 amide bonds. The second-order valence-corrected chi connectivity index (χ2v) is 15.4. The monoisotopic (exact) mass is 764 g/mol. The third-order valence-corrected chi connectivity index (χ3v) is 11.9. The quantitative estimate of drug-likeness (QED) is 0.169. The highest BCUT2D eigenvalue weighted by molar-refractivity contribution is 5.96. The molecule has 0 aliphatic carbocycles. The average molecular weight is 765 g/mol. The lowest BCUT2D eigenvalue weighted by atomic mass is 9.96. The molecule has 0 aliphatic rings. The molecule has 0 saturated carbocycles. The van der Waals surface area contributed by atoms with Gasteiger partial charge in [0, 0.05) is 21.9 Å². The number of hydrogen-bond donors (Lipinski definition) is 0. The van der Waals surface area contributed by atoms with Crippen LogP contribution in [0.5, 0.6) is 0 Å². The van der Waals surface area contributed by atoms with Crippen molar-refractivity contribution in [3.05, 3.63) is 218 Å². The normalized spacial score (nSPS) is 11.7. The van der Waals surface area contributed by atoms with Gasteiger partial charge in [-0.3, -0.25) is 9.13 Å². The minimum atomic E-state index is 0.930. The molecule has 0 fully saturated rings. The summed E-state index contributed by atoms with van der Waals surface area (Å²) >= 11 is 0. The summed E-state index contributed by atoms with van der Waals surface area (Å²) in [4.78, 5) is 10.3. The molecule has 4 nitrogen and oxygen atoms in total. The molecule has 12 aromatic rings. The van der Waals surface area contributed by atoms with E-state index in [9.17, 15) is 0 Å². The standard InChI is InChI=1S/C56H36N4/c1-3-15-47-40(11-1)13-9-21-51(47)59-53-19-7-5-17-49(53)57-55(59)42-29-23-37(24-30-42)44-33-27-39-28-34-45(36-46(39)35-44)38-25-31-43(32-26-38)56-58-50-18-6-8-20-54(50)60(56)52-22-10-14-41-12-2-4-16-48(41)52/h1-36H. The van der Waals surface area contributed by atoms with Crippen molar-refractivity contribution in [2.24, 2.45) is 0 Å². The van der Waals surface area contributed by atoms with Crippen molar-refractivity contribution >= 4 is 54.4 Å². The molecule has 2 heterocycles. The Bertz CT molecular complexity index is 3350. The first-order valence-corrected chi connectivity index (χ1v) is 20.4. The number of aromatic nitrogens is 4. The number of nitrogens with zero attached hydrogens (tertiary/aromatic N) is 4. The van der Waals surface area contributed by atoms with E-state index in [1.54, 1.807) is 0 Å². The van der Waals surface area contributed by atoms with Crippen molar-refractivity contribution in [2.45, 2.75) is 0 Å². The molecule has 0 bridgehead atoms. The lowest BCUT2D eigenvalue weighted by Crippen LogP contribution is -1.98. The maximum atomic E-state index is 5.17. The highest BCUT2D eigenvalue weighted by Crippen LogP contribution is 2.36. The van der Waals surface area contributed by atoms with Crippen LogP contribution in [-0.2, 0) is 0 Å². The lowest BCUT2D eigenvalue weighted by Gasteiger charge is -2.13. The number of para-hydroxylation sites is 4. The molecule has 0 atom stereocenters. The van der Waals surface area contributed by atoms with Crippen LogP contribution in [0.4, 0.5) is 0 Å². The van der Waals surface area contributed by atoms with E-state index in [1.807, 2.05) is 0 Å². The largest absolute Gasteiger partial charge is 0.292 e. The van der Waals surface area contributed by atoms with Gasteiger partial charge in [-0.1, -0.05) is 170 Å². The minimum absolute atomic E-state index is 0.930. The van der Waals surface area contributed by atoms with Crippen LogP contribution >= 0.6 is 0 Å². The summed E-state index contributed by atoms with van der Waals surface area (Å²) in [5.41, 5.74) is 13.2. The Labute approximate surface area is 346 Å². The van der Waals surface area contributed by atoms with Crippen LogP contribution in [0.1, 0.15) is 0 Å². The highest BCUT2D eigenvalue weighted by atomic mass is 15.1. The van der Waals surface area contributed by atoms with Crippen molar-refractivity contribution in [2.75, 3.05) is 0 Å². The van der Waals surface area contributed by atoms with Crippen LogP contribution in [0, 0.1) is 0 Å². The summed E-state index contributed by atoms with van der Waals surface area (Å²) < 4.78 is 4.61. The molecule has 0 radical (unpaired) electrons. The first kappa shape index (κ1) is 34.0. The molecule has 10 aromatic carbocycles. The van der Waals surface area contributed by atoms with Gasteiger partial charge in [-0.25, -0.2) is 9.97 Å². The van der Waals surface area contributed by atoms with Crippen molar-refractivity contribution < 1.29 is 0 Å². The van der Waals surface area contributed by atoms with E-state index in [-0.39, 0.29) is 0 Å². The molecule has 60 heavy (non-hydrogen) atoms. The fraction of sp³-hybridized carbons (Fsp3) is 0. The third-order valence-electron chi connectivity index (χ3n) is 11.9. The lowest BCUT2D eigenvalue weighted by molar-refractivity contribution is 1.11. The third kappa shape index (κ3) is 5.61. The van der Waals surface area contributed by atoms with E-state index in [2.05, 4.69) is 228 Å². The van der Waals surface area contributed by atoms with Crippen molar-refractivity contribution in [3.63, 3.8) is 0 Å². The summed E-state index contributed by atoms with van der Waals surface area (Å²) in [6, 6.07) is 78.1. The fourth-order valence-corrected chi connectivity index (χ4v) is 8.96. The maximum absolute atomic E-state index is 5.17. The van der Waals surface area contributed by atoms with Crippen molar-refractivity contribution in [1.29, 1.82) is 0 Å². The van der Waals surface area contributed by atoms with Crippen LogP contribution in [0.15, 0.2) is 218 Å². The van der Waals surface area contributed by atoms with Gasteiger partial charge in [-0.05, 0) is 92.3 Å². The smallest absolute Gasteiger partial charge is 0.145 e. The van der Waals surface area contributed by atoms with Gasteiger partial charge in [0.1, 0.15) is 11.6 Å². The second kappa shape index (κ2) is 13.8. The first-order chi connectivity index (χ1) is 29.7. The Morgan fingerprint density at radius 3 is 1.13 bits per heavy atom. The van der Waals surface area contributed by atoms with Gasteiger partial charge in [0.25, 0.3) is 0 Å². The molecule has 2 aromatic heterocycles. The molecular formula is C56H36N4. The van der Waals surface area contributed by atoms with Gasteiger partial charge in [0.05, 0.1) is 33.4 Å². The Hall–Kier alpha value is -8.08. The minimum Gasteiger partial charge on any atom is -0.292 e. The molecule has 0 aliphatic heterocycles. The molecule has 4 heteroatoms. The summed E-state index contributed by atoms with van der Waals surface area (Å²) in [7, 11) is 0. The average Bonchev–Trinajstić information content (AvgIpc) is 3.90. The zero-order chi connectivity index (χ0) is 39.6. The van der Waals surface area contributed by atoms with Crippen LogP contribution in [0.3, 0.4) is 0 Å². The van der Waals surface area contributed by atoms with Crippen LogP contribution in [0.25, 0.3) is 111 Å². The van der Waals surface area contributed by atoms with Crippen molar-refractivity contribution in [3.8, 4) is 56.4 Å². The van der Waals surface area contributed by atoms with E-state index in [0.29, 0.717) is 0 Å². The molecule has 12 rings (SSSR count). The van der Waals surface area contributed by atoms with Gasteiger partial charge in [-0.15, -0.1) is 0 Å². The van der Waals surface area contributed by atoms with Crippen molar-refractivity contribution in [1.82, 2.24) is 19.1 Å². The molecule has 0 spiro atoms. The summed E-state index contributed by atoms with van der Waals surface area (Å²) in [6.45, 7) is 0.